The lowest BCUT2D eigenvalue weighted by Crippen LogP contribution is -2.38. The standard InChI is InChI=1S/C12H18BrNO3S/c1-10(2)14(7-4-8-15)18(16,17)12-6-3-5-11(13)9-12/h3,5-6,9-10,15H,4,7-8H2,1-2H3. The normalized spacial score (nSPS) is 12.3. The van der Waals surface area contributed by atoms with Crippen LogP contribution in [-0.4, -0.2) is 37.0 Å². The van der Waals surface area contributed by atoms with E-state index in [9.17, 15) is 8.42 Å². The van der Waals surface area contributed by atoms with Crippen molar-refractivity contribution in [3.8, 4) is 0 Å². The Balaban J connectivity index is 3.09. The van der Waals surface area contributed by atoms with Gasteiger partial charge in [0, 0.05) is 23.7 Å². The van der Waals surface area contributed by atoms with E-state index in [2.05, 4.69) is 15.9 Å². The molecular formula is C12H18BrNO3S. The molecule has 0 saturated heterocycles. The highest BCUT2D eigenvalue weighted by molar-refractivity contribution is 9.10. The third-order valence-corrected chi connectivity index (χ3v) is 5.08. The Bertz CT molecular complexity index is 488. The first kappa shape index (κ1) is 15.6. The van der Waals surface area contributed by atoms with Crippen molar-refractivity contribution in [3.05, 3.63) is 28.7 Å². The van der Waals surface area contributed by atoms with E-state index < -0.39 is 10.0 Å². The second kappa shape index (κ2) is 6.65. The molecular weight excluding hydrogens is 318 g/mol. The van der Waals surface area contributed by atoms with E-state index in [1.807, 2.05) is 13.8 Å². The molecule has 0 aliphatic heterocycles. The quantitative estimate of drug-likeness (QED) is 0.867. The van der Waals surface area contributed by atoms with Crippen molar-refractivity contribution < 1.29 is 13.5 Å². The van der Waals surface area contributed by atoms with Crippen molar-refractivity contribution in [1.82, 2.24) is 4.31 Å². The van der Waals surface area contributed by atoms with Gasteiger partial charge in [-0.15, -0.1) is 0 Å². The van der Waals surface area contributed by atoms with Crippen LogP contribution in [0.3, 0.4) is 0 Å². The topological polar surface area (TPSA) is 57.6 Å². The Labute approximate surface area is 117 Å². The van der Waals surface area contributed by atoms with Crippen LogP contribution in [0.15, 0.2) is 33.6 Å². The van der Waals surface area contributed by atoms with Crippen molar-refractivity contribution in [2.24, 2.45) is 0 Å². The number of aliphatic hydroxyl groups excluding tert-OH is 1. The molecule has 1 aromatic rings. The molecule has 0 aliphatic carbocycles. The highest BCUT2D eigenvalue weighted by Gasteiger charge is 2.26. The van der Waals surface area contributed by atoms with Gasteiger partial charge in [0.05, 0.1) is 4.90 Å². The van der Waals surface area contributed by atoms with Gasteiger partial charge in [-0.05, 0) is 38.5 Å². The van der Waals surface area contributed by atoms with Crippen molar-refractivity contribution in [3.63, 3.8) is 0 Å². The number of hydrogen-bond acceptors (Lipinski definition) is 3. The predicted molar refractivity (Wildman–Crippen MR) is 74.9 cm³/mol. The molecule has 0 aliphatic rings. The molecule has 0 saturated carbocycles. The third-order valence-electron chi connectivity index (χ3n) is 2.52. The highest BCUT2D eigenvalue weighted by atomic mass is 79.9. The number of rotatable bonds is 6. The zero-order valence-corrected chi connectivity index (χ0v) is 12.9. The van der Waals surface area contributed by atoms with Gasteiger partial charge in [0.2, 0.25) is 10.0 Å². The van der Waals surface area contributed by atoms with Gasteiger partial charge in [0.1, 0.15) is 0 Å². The van der Waals surface area contributed by atoms with E-state index in [0.717, 1.165) is 4.47 Å². The summed E-state index contributed by atoms with van der Waals surface area (Å²) in [6, 6.07) is 6.51. The largest absolute Gasteiger partial charge is 0.396 e. The fourth-order valence-corrected chi connectivity index (χ4v) is 3.92. The number of benzene rings is 1. The Hall–Kier alpha value is -0.430. The van der Waals surface area contributed by atoms with Gasteiger partial charge in [-0.3, -0.25) is 0 Å². The van der Waals surface area contributed by atoms with E-state index >= 15 is 0 Å². The van der Waals surface area contributed by atoms with Crippen LogP contribution in [0.5, 0.6) is 0 Å². The lowest BCUT2D eigenvalue weighted by molar-refractivity contribution is 0.258. The molecule has 1 rings (SSSR count). The Morgan fingerprint density at radius 2 is 2.06 bits per heavy atom. The van der Waals surface area contributed by atoms with Crippen molar-refractivity contribution in [1.29, 1.82) is 0 Å². The van der Waals surface area contributed by atoms with E-state index in [1.165, 1.54) is 4.31 Å². The molecule has 102 valence electrons. The Morgan fingerprint density at radius 3 is 2.56 bits per heavy atom. The molecule has 1 aromatic carbocycles. The van der Waals surface area contributed by atoms with Crippen LogP contribution >= 0.6 is 15.9 Å². The van der Waals surface area contributed by atoms with Crippen LogP contribution in [0, 0.1) is 0 Å². The molecule has 0 fully saturated rings. The SMILES string of the molecule is CC(C)N(CCCO)S(=O)(=O)c1cccc(Br)c1. The molecule has 0 heterocycles. The maximum absolute atomic E-state index is 12.5. The molecule has 0 radical (unpaired) electrons. The maximum atomic E-state index is 12.5. The van der Waals surface area contributed by atoms with Crippen LogP contribution in [-0.2, 0) is 10.0 Å². The summed E-state index contributed by atoms with van der Waals surface area (Å²) in [7, 11) is -3.50. The van der Waals surface area contributed by atoms with Gasteiger partial charge < -0.3 is 5.11 Å². The number of hydrogen-bond donors (Lipinski definition) is 1. The van der Waals surface area contributed by atoms with Crippen LogP contribution < -0.4 is 0 Å². The summed E-state index contributed by atoms with van der Waals surface area (Å²) in [6.07, 6.45) is 0.436. The summed E-state index contributed by atoms with van der Waals surface area (Å²) >= 11 is 3.27. The minimum atomic E-state index is -3.50. The van der Waals surface area contributed by atoms with Crippen LogP contribution in [0.25, 0.3) is 0 Å². The van der Waals surface area contributed by atoms with Crippen molar-refractivity contribution >= 4 is 26.0 Å². The van der Waals surface area contributed by atoms with E-state index in [1.54, 1.807) is 24.3 Å². The molecule has 18 heavy (non-hydrogen) atoms. The molecule has 0 amide bonds. The first-order valence-corrected chi connectivity index (χ1v) is 8.01. The zero-order chi connectivity index (χ0) is 13.8. The molecule has 0 spiro atoms. The number of halogens is 1. The van der Waals surface area contributed by atoms with E-state index in [4.69, 9.17) is 5.11 Å². The molecule has 0 unspecified atom stereocenters. The number of sulfonamides is 1. The molecule has 0 atom stereocenters. The second-order valence-corrected chi connectivity index (χ2v) is 7.05. The number of nitrogens with zero attached hydrogens (tertiary/aromatic N) is 1. The molecule has 0 bridgehead atoms. The Morgan fingerprint density at radius 1 is 1.39 bits per heavy atom. The fraction of sp³-hybridized carbons (Fsp3) is 0.500. The summed E-state index contributed by atoms with van der Waals surface area (Å²) in [6.45, 7) is 3.96. The van der Waals surface area contributed by atoms with Gasteiger partial charge in [0.15, 0.2) is 0 Å². The molecule has 4 nitrogen and oxygen atoms in total. The van der Waals surface area contributed by atoms with Gasteiger partial charge in [-0.2, -0.15) is 4.31 Å². The first-order valence-electron chi connectivity index (χ1n) is 5.78. The van der Waals surface area contributed by atoms with Crippen LogP contribution in [0.2, 0.25) is 0 Å². The number of aliphatic hydroxyl groups is 1. The molecule has 1 N–H and O–H groups in total. The van der Waals surface area contributed by atoms with Gasteiger partial charge in [0.25, 0.3) is 0 Å². The summed E-state index contributed by atoms with van der Waals surface area (Å²) in [5.74, 6) is 0. The minimum absolute atomic E-state index is 0.0166. The van der Waals surface area contributed by atoms with Crippen LogP contribution in [0.1, 0.15) is 20.3 Å². The van der Waals surface area contributed by atoms with Crippen molar-refractivity contribution in [2.75, 3.05) is 13.2 Å². The average Bonchev–Trinajstić information content (AvgIpc) is 2.28. The smallest absolute Gasteiger partial charge is 0.243 e. The minimum Gasteiger partial charge on any atom is -0.396 e. The Kier molecular flexibility index (Phi) is 5.78. The van der Waals surface area contributed by atoms with E-state index in [0.29, 0.717) is 13.0 Å². The fourth-order valence-electron chi connectivity index (χ4n) is 1.65. The second-order valence-electron chi connectivity index (χ2n) is 4.24. The summed E-state index contributed by atoms with van der Waals surface area (Å²) in [5, 5.41) is 8.85. The van der Waals surface area contributed by atoms with Gasteiger partial charge in [-0.1, -0.05) is 22.0 Å². The first-order chi connectivity index (χ1) is 8.39. The maximum Gasteiger partial charge on any atom is 0.243 e. The summed E-state index contributed by atoms with van der Waals surface area (Å²) in [4.78, 5) is 0.267. The van der Waals surface area contributed by atoms with Gasteiger partial charge in [-0.25, -0.2) is 8.42 Å². The average molecular weight is 336 g/mol. The molecule has 0 aromatic heterocycles. The van der Waals surface area contributed by atoms with Crippen LogP contribution in [0.4, 0.5) is 0 Å². The summed E-state index contributed by atoms with van der Waals surface area (Å²) in [5.41, 5.74) is 0. The van der Waals surface area contributed by atoms with E-state index in [-0.39, 0.29) is 17.5 Å². The van der Waals surface area contributed by atoms with Gasteiger partial charge >= 0.3 is 0 Å². The monoisotopic (exact) mass is 335 g/mol. The lowest BCUT2D eigenvalue weighted by Gasteiger charge is -2.25. The van der Waals surface area contributed by atoms with Crippen molar-refractivity contribution in [2.45, 2.75) is 31.2 Å². The summed E-state index contributed by atoms with van der Waals surface area (Å²) < 4.78 is 27.0. The highest BCUT2D eigenvalue weighted by Crippen LogP contribution is 2.21. The zero-order valence-electron chi connectivity index (χ0n) is 10.5. The predicted octanol–water partition coefficient (Wildman–Crippen LogP) is 2.23. The molecule has 6 heteroatoms. The third kappa shape index (κ3) is 3.78. The lowest BCUT2D eigenvalue weighted by atomic mass is 10.3.